The van der Waals surface area contributed by atoms with Crippen LogP contribution in [0.3, 0.4) is 0 Å². The Morgan fingerprint density at radius 2 is 1.85 bits per heavy atom. The first-order chi connectivity index (χ1) is 9.52. The van der Waals surface area contributed by atoms with Crippen molar-refractivity contribution in [1.82, 2.24) is 0 Å². The molecule has 0 N–H and O–H groups in total. The molecule has 0 atom stereocenters. The highest BCUT2D eigenvalue weighted by molar-refractivity contribution is 9.10. The maximum absolute atomic E-state index is 11.2. The Hall–Kier alpha value is -1.88. The maximum Gasteiger partial charge on any atom is 0.293 e. The molecule has 0 heterocycles. The molecule has 0 radical (unpaired) electrons. The lowest BCUT2D eigenvalue weighted by molar-refractivity contribution is -0.384. The van der Waals surface area contributed by atoms with Crippen LogP contribution in [-0.2, 0) is 6.42 Å². The fourth-order valence-electron chi connectivity index (χ4n) is 2.02. The van der Waals surface area contributed by atoms with E-state index in [0.717, 1.165) is 12.1 Å². The molecular weight excluding hydrogens is 320 g/mol. The number of hydrogen-bond acceptors (Lipinski definition) is 3. The molecule has 0 aliphatic carbocycles. The number of rotatable bonds is 4. The molecule has 0 aliphatic rings. The first-order valence-electron chi connectivity index (χ1n) is 6.29. The van der Waals surface area contributed by atoms with E-state index in [1.54, 1.807) is 12.1 Å². The largest absolute Gasteiger partial charge is 0.339 e. The van der Waals surface area contributed by atoms with Gasteiger partial charge in [-0.05, 0) is 36.2 Å². The quantitative estimate of drug-likeness (QED) is 0.602. The summed E-state index contributed by atoms with van der Waals surface area (Å²) in [5, 5.41) is 11.2. The van der Waals surface area contributed by atoms with Crippen molar-refractivity contribution in [3.8, 4) is 0 Å². The Bertz CT molecular complexity index is 626. The van der Waals surface area contributed by atoms with Crippen LogP contribution < -0.4 is 4.90 Å². The topological polar surface area (TPSA) is 46.4 Å². The molecule has 104 valence electrons. The van der Waals surface area contributed by atoms with Crippen LogP contribution in [0.4, 0.5) is 17.1 Å². The molecule has 0 fully saturated rings. The summed E-state index contributed by atoms with van der Waals surface area (Å²) in [5.74, 6) is 0. The van der Waals surface area contributed by atoms with Gasteiger partial charge in [-0.25, -0.2) is 0 Å². The van der Waals surface area contributed by atoms with Crippen LogP contribution in [0.15, 0.2) is 46.9 Å². The summed E-state index contributed by atoms with van der Waals surface area (Å²) < 4.78 is 0.697. The van der Waals surface area contributed by atoms with Crippen molar-refractivity contribution in [1.29, 1.82) is 0 Å². The van der Waals surface area contributed by atoms with E-state index in [-0.39, 0.29) is 10.6 Å². The van der Waals surface area contributed by atoms with E-state index in [1.807, 2.05) is 36.2 Å². The predicted octanol–water partition coefficient (Wildman–Crippen LogP) is 4.69. The first-order valence-corrected chi connectivity index (χ1v) is 7.09. The van der Waals surface area contributed by atoms with Crippen molar-refractivity contribution in [2.75, 3.05) is 11.9 Å². The van der Waals surface area contributed by atoms with Crippen LogP contribution >= 0.6 is 15.9 Å². The Balaban J connectivity index is 2.41. The highest BCUT2D eigenvalue weighted by atomic mass is 79.9. The standard InChI is InChI=1S/C15H15BrN2O2/c1-3-11-4-7-13(8-5-11)17(2)14-9-6-12(16)10-15(14)18(19)20/h4-10H,3H2,1-2H3. The Morgan fingerprint density at radius 3 is 2.40 bits per heavy atom. The fraction of sp³-hybridized carbons (Fsp3) is 0.200. The average Bonchev–Trinajstić information content (AvgIpc) is 2.46. The second-order valence-electron chi connectivity index (χ2n) is 4.47. The lowest BCUT2D eigenvalue weighted by Crippen LogP contribution is -2.11. The second kappa shape index (κ2) is 6.05. The second-order valence-corrected chi connectivity index (χ2v) is 5.38. The smallest absolute Gasteiger partial charge is 0.293 e. The van der Waals surface area contributed by atoms with Crippen LogP contribution in [0.25, 0.3) is 0 Å². The minimum Gasteiger partial charge on any atom is -0.339 e. The molecule has 5 heteroatoms. The summed E-state index contributed by atoms with van der Waals surface area (Å²) in [6.45, 7) is 2.10. The van der Waals surface area contributed by atoms with Gasteiger partial charge in [-0.1, -0.05) is 35.0 Å². The van der Waals surface area contributed by atoms with Gasteiger partial charge in [0.2, 0.25) is 0 Å². The average molecular weight is 335 g/mol. The van der Waals surface area contributed by atoms with Crippen molar-refractivity contribution >= 4 is 33.0 Å². The Kier molecular flexibility index (Phi) is 4.39. The van der Waals surface area contributed by atoms with Crippen molar-refractivity contribution in [3.05, 3.63) is 62.6 Å². The zero-order valence-corrected chi connectivity index (χ0v) is 12.9. The van der Waals surface area contributed by atoms with E-state index >= 15 is 0 Å². The van der Waals surface area contributed by atoms with Gasteiger partial charge in [0.05, 0.1) is 4.92 Å². The van der Waals surface area contributed by atoms with Gasteiger partial charge >= 0.3 is 0 Å². The van der Waals surface area contributed by atoms with Gasteiger partial charge in [0.25, 0.3) is 5.69 Å². The van der Waals surface area contributed by atoms with Crippen molar-refractivity contribution in [2.24, 2.45) is 0 Å². The van der Waals surface area contributed by atoms with E-state index in [1.165, 1.54) is 11.6 Å². The number of aryl methyl sites for hydroxylation is 1. The van der Waals surface area contributed by atoms with Crippen LogP contribution in [0, 0.1) is 10.1 Å². The molecule has 0 spiro atoms. The molecular formula is C15H15BrN2O2. The van der Waals surface area contributed by atoms with Gasteiger partial charge in [0, 0.05) is 23.3 Å². The first kappa shape index (κ1) is 14.5. The SMILES string of the molecule is CCc1ccc(N(C)c2ccc(Br)cc2[N+](=O)[O-])cc1. The molecule has 0 aromatic heterocycles. The molecule has 0 saturated carbocycles. The number of anilines is 2. The summed E-state index contributed by atoms with van der Waals surface area (Å²) >= 11 is 3.27. The number of nitrogens with zero attached hydrogens (tertiary/aromatic N) is 2. The van der Waals surface area contributed by atoms with Gasteiger partial charge in [0.15, 0.2) is 0 Å². The minimum atomic E-state index is -0.364. The minimum absolute atomic E-state index is 0.0847. The van der Waals surface area contributed by atoms with E-state index in [9.17, 15) is 10.1 Å². The van der Waals surface area contributed by atoms with Crippen LogP contribution in [-0.4, -0.2) is 12.0 Å². The van der Waals surface area contributed by atoms with Crippen molar-refractivity contribution < 1.29 is 4.92 Å². The normalized spacial score (nSPS) is 10.3. The molecule has 0 saturated heterocycles. The molecule has 0 amide bonds. The van der Waals surface area contributed by atoms with E-state index in [0.29, 0.717) is 10.2 Å². The summed E-state index contributed by atoms with van der Waals surface area (Å²) in [6.07, 6.45) is 0.975. The Morgan fingerprint density at radius 1 is 1.20 bits per heavy atom. The molecule has 0 unspecified atom stereocenters. The molecule has 2 rings (SSSR count). The van der Waals surface area contributed by atoms with Crippen molar-refractivity contribution in [3.63, 3.8) is 0 Å². The summed E-state index contributed by atoms with van der Waals surface area (Å²) in [6, 6.07) is 13.1. The van der Waals surface area contributed by atoms with E-state index < -0.39 is 0 Å². The number of hydrogen-bond donors (Lipinski definition) is 0. The molecule has 0 aliphatic heterocycles. The number of halogens is 1. The molecule has 0 bridgehead atoms. The summed E-state index contributed by atoms with van der Waals surface area (Å²) in [4.78, 5) is 12.6. The van der Waals surface area contributed by atoms with Gasteiger partial charge < -0.3 is 4.90 Å². The Labute approximate surface area is 126 Å². The summed E-state index contributed by atoms with van der Waals surface area (Å²) in [7, 11) is 1.83. The van der Waals surface area contributed by atoms with Gasteiger partial charge in [0.1, 0.15) is 5.69 Å². The monoisotopic (exact) mass is 334 g/mol. The third-order valence-corrected chi connectivity index (χ3v) is 3.72. The van der Waals surface area contributed by atoms with Crippen LogP contribution in [0.1, 0.15) is 12.5 Å². The lowest BCUT2D eigenvalue weighted by atomic mass is 10.1. The summed E-state index contributed by atoms with van der Waals surface area (Å²) in [5.41, 5.74) is 2.82. The zero-order chi connectivity index (χ0) is 14.7. The van der Waals surface area contributed by atoms with Gasteiger partial charge in [-0.15, -0.1) is 0 Å². The van der Waals surface area contributed by atoms with Gasteiger partial charge in [-0.3, -0.25) is 10.1 Å². The number of benzene rings is 2. The third kappa shape index (κ3) is 2.99. The highest BCUT2D eigenvalue weighted by Crippen LogP contribution is 2.34. The van der Waals surface area contributed by atoms with Crippen molar-refractivity contribution in [2.45, 2.75) is 13.3 Å². The van der Waals surface area contributed by atoms with Crippen LogP contribution in [0.5, 0.6) is 0 Å². The maximum atomic E-state index is 11.2. The van der Waals surface area contributed by atoms with Crippen LogP contribution in [0.2, 0.25) is 0 Å². The third-order valence-electron chi connectivity index (χ3n) is 3.23. The highest BCUT2D eigenvalue weighted by Gasteiger charge is 2.18. The van der Waals surface area contributed by atoms with Gasteiger partial charge in [-0.2, -0.15) is 0 Å². The zero-order valence-electron chi connectivity index (χ0n) is 11.3. The number of nitro groups is 1. The lowest BCUT2D eigenvalue weighted by Gasteiger charge is -2.19. The van der Waals surface area contributed by atoms with E-state index in [2.05, 4.69) is 22.9 Å². The predicted molar refractivity (Wildman–Crippen MR) is 84.7 cm³/mol. The molecule has 2 aromatic carbocycles. The fourth-order valence-corrected chi connectivity index (χ4v) is 2.37. The molecule has 4 nitrogen and oxygen atoms in total. The van der Waals surface area contributed by atoms with E-state index in [4.69, 9.17) is 0 Å². The molecule has 2 aromatic rings. The molecule has 20 heavy (non-hydrogen) atoms. The number of nitro benzene ring substituents is 1.